The van der Waals surface area contributed by atoms with E-state index in [-0.39, 0.29) is 5.92 Å². The van der Waals surface area contributed by atoms with E-state index in [1.807, 2.05) is 12.1 Å². The Labute approximate surface area is 79.9 Å². The molecule has 0 aliphatic heterocycles. The summed E-state index contributed by atoms with van der Waals surface area (Å²) in [5.74, 6) is 0.763. The van der Waals surface area contributed by atoms with Gasteiger partial charge in [-0.2, -0.15) is 0 Å². The van der Waals surface area contributed by atoms with Crippen molar-refractivity contribution in [2.45, 2.75) is 12.3 Å². The van der Waals surface area contributed by atoms with Gasteiger partial charge < -0.3 is 4.79 Å². The molecule has 2 atom stereocenters. The van der Waals surface area contributed by atoms with E-state index < -0.39 is 0 Å². The first-order valence-corrected chi connectivity index (χ1v) is 4.81. The van der Waals surface area contributed by atoms with E-state index in [1.165, 1.54) is 5.56 Å². The van der Waals surface area contributed by atoms with Gasteiger partial charge in [0.05, 0.1) is 0 Å². The monoisotopic (exact) mass is 224 g/mol. The predicted octanol–water partition coefficient (Wildman–Crippen LogP) is 2.75. The minimum absolute atomic E-state index is 0.277. The summed E-state index contributed by atoms with van der Waals surface area (Å²) in [4.78, 5) is 10.4. The van der Waals surface area contributed by atoms with Crippen LogP contribution >= 0.6 is 15.9 Å². The highest BCUT2D eigenvalue weighted by Crippen LogP contribution is 2.46. The molecule has 62 valence electrons. The van der Waals surface area contributed by atoms with E-state index in [4.69, 9.17) is 0 Å². The van der Waals surface area contributed by atoms with Crippen LogP contribution in [0.2, 0.25) is 0 Å². The van der Waals surface area contributed by atoms with Crippen molar-refractivity contribution in [2.24, 2.45) is 5.92 Å². The number of hydrogen-bond donors (Lipinski definition) is 0. The molecule has 0 radical (unpaired) electrons. The van der Waals surface area contributed by atoms with Crippen molar-refractivity contribution in [3.63, 3.8) is 0 Å². The van der Waals surface area contributed by atoms with Crippen LogP contribution in [0.5, 0.6) is 0 Å². The molecule has 0 saturated heterocycles. The van der Waals surface area contributed by atoms with Crippen LogP contribution in [0.3, 0.4) is 0 Å². The van der Waals surface area contributed by atoms with Crippen molar-refractivity contribution < 1.29 is 4.79 Å². The third-order valence-electron chi connectivity index (χ3n) is 2.29. The standard InChI is InChI=1S/C10H9BrO/c11-9-3-1-2-7(4-9)10-5-8(10)6-12/h1-4,6,8,10H,5H2. The van der Waals surface area contributed by atoms with Gasteiger partial charge in [0.1, 0.15) is 6.29 Å². The van der Waals surface area contributed by atoms with Crippen LogP contribution in [-0.4, -0.2) is 6.29 Å². The fraction of sp³-hybridized carbons (Fsp3) is 0.300. The third-order valence-corrected chi connectivity index (χ3v) is 2.78. The van der Waals surface area contributed by atoms with Crippen molar-refractivity contribution in [2.75, 3.05) is 0 Å². The maximum absolute atomic E-state index is 10.4. The van der Waals surface area contributed by atoms with Gasteiger partial charge in [-0.3, -0.25) is 0 Å². The zero-order valence-electron chi connectivity index (χ0n) is 6.53. The second kappa shape index (κ2) is 3.02. The topological polar surface area (TPSA) is 17.1 Å². The summed E-state index contributed by atoms with van der Waals surface area (Å²) in [5, 5.41) is 0. The Hall–Kier alpha value is -0.630. The maximum Gasteiger partial charge on any atom is 0.123 e. The first kappa shape index (κ1) is 7.99. The average Bonchev–Trinajstić information content (AvgIpc) is 2.83. The Balaban J connectivity index is 2.19. The number of carbonyl (C=O) groups is 1. The van der Waals surface area contributed by atoms with E-state index in [0.717, 1.165) is 17.2 Å². The molecule has 1 aliphatic carbocycles. The highest BCUT2D eigenvalue weighted by molar-refractivity contribution is 9.10. The third kappa shape index (κ3) is 1.44. The summed E-state index contributed by atoms with van der Waals surface area (Å²) < 4.78 is 1.09. The molecule has 1 nitrogen and oxygen atoms in total. The van der Waals surface area contributed by atoms with Gasteiger partial charge >= 0.3 is 0 Å². The van der Waals surface area contributed by atoms with E-state index in [9.17, 15) is 4.79 Å². The molecule has 0 amide bonds. The van der Waals surface area contributed by atoms with Crippen molar-refractivity contribution in [1.29, 1.82) is 0 Å². The van der Waals surface area contributed by atoms with Crippen LogP contribution < -0.4 is 0 Å². The normalized spacial score (nSPS) is 26.8. The minimum atomic E-state index is 0.277. The first-order valence-electron chi connectivity index (χ1n) is 4.02. The number of rotatable bonds is 2. The molecule has 1 aromatic carbocycles. The zero-order valence-corrected chi connectivity index (χ0v) is 8.12. The van der Waals surface area contributed by atoms with Gasteiger partial charge in [0.15, 0.2) is 0 Å². The highest BCUT2D eigenvalue weighted by atomic mass is 79.9. The molecule has 1 aliphatic rings. The van der Waals surface area contributed by atoms with Crippen molar-refractivity contribution in [1.82, 2.24) is 0 Å². The first-order chi connectivity index (χ1) is 5.81. The lowest BCUT2D eigenvalue weighted by atomic mass is 10.1. The number of halogens is 1. The summed E-state index contributed by atoms with van der Waals surface area (Å²) >= 11 is 3.41. The lowest BCUT2D eigenvalue weighted by Crippen LogP contribution is -1.83. The van der Waals surface area contributed by atoms with Crippen LogP contribution in [0.1, 0.15) is 17.9 Å². The lowest BCUT2D eigenvalue weighted by Gasteiger charge is -1.97. The molecule has 2 unspecified atom stereocenters. The molecule has 0 heterocycles. The molecule has 1 fully saturated rings. The lowest BCUT2D eigenvalue weighted by molar-refractivity contribution is -0.108. The molecular weight excluding hydrogens is 216 g/mol. The number of carbonyl (C=O) groups excluding carboxylic acids is 1. The number of aldehydes is 1. The largest absolute Gasteiger partial charge is 0.303 e. The van der Waals surface area contributed by atoms with E-state index in [1.54, 1.807) is 0 Å². The van der Waals surface area contributed by atoms with Gasteiger partial charge in [-0.25, -0.2) is 0 Å². The molecule has 2 rings (SSSR count). The van der Waals surface area contributed by atoms with Crippen molar-refractivity contribution >= 4 is 22.2 Å². The molecule has 0 aromatic heterocycles. The molecule has 0 spiro atoms. The summed E-state index contributed by atoms with van der Waals surface area (Å²) in [6.45, 7) is 0. The molecule has 12 heavy (non-hydrogen) atoms. The summed E-state index contributed by atoms with van der Waals surface area (Å²) in [6, 6.07) is 8.19. The molecule has 0 N–H and O–H groups in total. The van der Waals surface area contributed by atoms with Gasteiger partial charge in [-0.15, -0.1) is 0 Å². The second-order valence-corrected chi connectivity index (χ2v) is 4.11. The van der Waals surface area contributed by atoms with Gasteiger partial charge in [0.25, 0.3) is 0 Å². The summed E-state index contributed by atoms with van der Waals surface area (Å²) in [6.07, 6.45) is 2.09. The van der Waals surface area contributed by atoms with Gasteiger partial charge in [0, 0.05) is 10.4 Å². The van der Waals surface area contributed by atoms with Crippen LogP contribution in [0, 0.1) is 5.92 Å². The van der Waals surface area contributed by atoms with E-state index >= 15 is 0 Å². The highest BCUT2D eigenvalue weighted by Gasteiger charge is 2.37. The quantitative estimate of drug-likeness (QED) is 0.707. The van der Waals surface area contributed by atoms with E-state index in [0.29, 0.717) is 5.92 Å². The van der Waals surface area contributed by atoms with Gasteiger partial charge in [-0.05, 0) is 30.0 Å². The molecule has 1 saturated carbocycles. The Bertz CT molecular complexity index is 308. The summed E-state index contributed by atoms with van der Waals surface area (Å²) in [7, 11) is 0. The predicted molar refractivity (Wildman–Crippen MR) is 51.1 cm³/mol. The van der Waals surface area contributed by atoms with Crippen molar-refractivity contribution in [3.05, 3.63) is 34.3 Å². The van der Waals surface area contributed by atoms with E-state index in [2.05, 4.69) is 28.1 Å². The second-order valence-electron chi connectivity index (χ2n) is 3.20. The minimum Gasteiger partial charge on any atom is -0.303 e. The summed E-state index contributed by atoms with van der Waals surface area (Å²) in [5.41, 5.74) is 1.28. The number of benzene rings is 1. The van der Waals surface area contributed by atoms with Crippen LogP contribution in [-0.2, 0) is 4.79 Å². The fourth-order valence-electron chi connectivity index (χ4n) is 1.49. The SMILES string of the molecule is O=CC1CC1c1cccc(Br)c1. The Morgan fingerprint density at radius 2 is 2.33 bits per heavy atom. The zero-order chi connectivity index (χ0) is 8.55. The Morgan fingerprint density at radius 3 is 2.92 bits per heavy atom. The van der Waals surface area contributed by atoms with Crippen molar-refractivity contribution in [3.8, 4) is 0 Å². The van der Waals surface area contributed by atoms with Crippen LogP contribution in [0.4, 0.5) is 0 Å². The molecule has 1 aromatic rings. The maximum atomic E-state index is 10.4. The van der Waals surface area contributed by atoms with Gasteiger partial charge in [-0.1, -0.05) is 28.1 Å². The molecule has 2 heteroatoms. The molecule has 0 bridgehead atoms. The number of hydrogen-bond acceptors (Lipinski definition) is 1. The molecular formula is C10H9BrO. The van der Waals surface area contributed by atoms with Crippen LogP contribution in [0.25, 0.3) is 0 Å². The van der Waals surface area contributed by atoms with Gasteiger partial charge in [0.2, 0.25) is 0 Å². The smallest absolute Gasteiger partial charge is 0.123 e. The Kier molecular flexibility index (Phi) is 2.01. The fourth-order valence-corrected chi connectivity index (χ4v) is 1.90. The Morgan fingerprint density at radius 1 is 1.50 bits per heavy atom. The average molecular weight is 225 g/mol. The van der Waals surface area contributed by atoms with Crippen LogP contribution in [0.15, 0.2) is 28.7 Å².